The Morgan fingerprint density at radius 3 is 2.58 bits per heavy atom. The topological polar surface area (TPSA) is 115 Å². The summed E-state index contributed by atoms with van der Waals surface area (Å²) in [5, 5.41) is 5.86. The first-order chi connectivity index (χ1) is 22.7. The number of likely N-dealkylation sites (tertiary alicyclic amines) is 1. The van der Waals surface area contributed by atoms with Crippen molar-refractivity contribution in [3.05, 3.63) is 47.8 Å². The minimum absolute atomic E-state index is 0.00746. The first-order valence-corrected chi connectivity index (χ1v) is 17.6. The summed E-state index contributed by atoms with van der Waals surface area (Å²) in [6.45, 7) is 4.68. The molecular formula is C33H39F4N5O5S. The Morgan fingerprint density at radius 2 is 1.92 bits per heavy atom. The zero-order chi connectivity index (χ0) is 34.6. The van der Waals surface area contributed by atoms with E-state index in [2.05, 4.69) is 32.4 Å². The number of imidazole rings is 1. The van der Waals surface area contributed by atoms with Crippen LogP contribution in [0.3, 0.4) is 0 Å². The van der Waals surface area contributed by atoms with Crippen molar-refractivity contribution in [2.45, 2.75) is 62.6 Å². The van der Waals surface area contributed by atoms with Crippen molar-refractivity contribution in [2.24, 2.45) is 5.92 Å². The van der Waals surface area contributed by atoms with E-state index in [0.717, 1.165) is 30.0 Å². The number of hydrogen-bond donors (Lipinski definition) is 2. The van der Waals surface area contributed by atoms with Gasteiger partial charge in [0, 0.05) is 50.2 Å². The van der Waals surface area contributed by atoms with Gasteiger partial charge in [-0.05, 0) is 49.9 Å². The fourth-order valence-corrected chi connectivity index (χ4v) is 6.87. The van der Waals surface area contributed by atoms with Crippen LogP contribution >= 0.6 is 0 Å². The zero-order valence-corrected chi connectivity index (χ0v) is 27.8. The molecule has 48 heavy (non-hydrogen) atoms. The maximum atomic E-state index is 15.6. The molecule has 2 N–H and O–H groups in total. The second-order valence-corrected chi connectivity index (χ2v) is 14.2. The maximum Gasteiger partial charge on any atom is 0.406 e. The monoisotopic (exact) mass is 693 g/mol. The van der Waals surface area contributed by atoms with Crippen LogP contribution in [0.2, 0.25) is 0 Å². The number of halogens is 4. The molecule has 3 heterocycles. The van der Waals surface area contributed by atoms with E-state index in [1.807, 2.05) is 6.92 Å². The molecule has 2 aliphatic rings. The molecule has 3 aromatic rings. The lowest BCUT2D eigenvalue weighted by molar-refractivity contribution is -0.139. The third-order valence-electron chi connectivity index (χ3n) is 8.54. The lowest BCUT2D eigenvalue weighted by atomic mass is 9.89. The minimum atomic E-state index is -4.54. The lowest BCUT2D eigenvalue weighted by Crippen LogP contribution is -2.59. The SMILES string of the molecule is CCOc1cc(S(C)(=O)=O)ccc1NCC#Cc1cc(C(=O)N[C@@H]2[C@@H](C)CN(C3CCOCC3)C[C@@H]2F)c2ncn(CC(F)(F)F)c2c1. The number of hydrogen-bond acceptors (Lipinski definition) is 8. The number of nitrogens with one attached hydrogen (secondary N) is 2. The highest BCUT2D eigenvalue weighted by molar-refractivity contribution is 7.90. The van der Waals surface area contributed by atoms with Crippen LogP contribution in [0.1, 0.15) is 42.6 Å². The Morgan fingerprint density at radius 1 is 1.17 bits per heavy atom. The number of amides is 1. The number of sulfone groups is 1. The summed E-state index contributed by atoms with van der Waals surface area (Å²) in [5.41, 5.74) is 0.860. The largest absolute Gasteiger partial charge is 0.492 e. The summed E-state index contributed by atoms with van der Waals surface area (Å²) in [6, 6.07) is 6.69. The molecule has 0 radical (unpaired) electrons. The van der Waals surface area contributed by atoms with Crippen molar-refractivity contribution < 1.29 is 40.2 Å². The number of piperidine rings is 1. The normalized spacial score (nSPS) is 21.0. The molecule has 0 unspecified atom stereocenters. The first-order valence-electron chi connectivity index (χ1n) is 15.8. The van der Waals surface area contributed by atoms with E-state index in [-0.39, 0.29) is 52.1 Å². The number of rotatable bonds is 9. The second-order valence-electron chi connectivity index (χ2n) is 12.2. The van der Waals surface area contributed by atoms with Crippen LogP contribution in [0.15, 0.2) is 41.6 Å². The third kappa shape index (κ3) is 8.58. The van der Waals surface area contributed by atoms with Gasteiger partial charge in [0.05, 0.1) is 47.2 Å². The van der Waals surface area contributed by atoms with Gasteiger partial charge in [0.15, 0.2) is 9.84 Å². The number of nitrogens with zero attached hydrogens (tertiary/aromatic N) is 3. The molecule has 2 aromatic carbocycles. The van der Waals surface area contributed by atoms with Gasteiger partial charge in [-0.3, -0.25) is 9.69 Å². The second kappa shape index (κ2) is 14.7. The van der Waals surface area contributed by atoms with Crippen molar-refractivity contribution >= 4 is 32.5 Å². The van der Waals surface area contributed by atoms with Gasteiger partial charge >= 0.3 is 6.18 Å². The Hall–Kier alpha value is -3.87. The van der Waals surface area contributed by atoms with Crippen molar-refractivity contribution in [2.75, 3.05) is 51.0 Å². The van der Waals surface area contributed by atoms with Crippen LogP contribution in [0.5, 0.6) is 5.75 Å². The third-order valence-corrected chi connectivity index (χ3v) is 9.65. The number of aromatic nitrogens is 2. The van der Waals surface area contributed by atoms with Crippen LogP contribution in [-0.4, -0.2) is 98.9 Å². The van der Waals surface area contributed by atoms with Gasteiger partial charge in [-0.15, -0.1) is 0 Å². The van der Waals surface area contributed by atoms with Crippen molar-refractivity contribution in [1.82, 2.24) is 19.8 Å². The number of carbonyl (C=O) groups is 1. The van der Waals surface area contributed by atoms with Crippen LogP contribution in [0.4, 0.5) is 23.2 Å². The molecule has 5 rings (SSSR count). The Kier molecular flexibility index (Phi) is 10.9. The molecule has 0 bridgehead atoms. The molecule has 2 aliphatic heterocycles. The molecule has 0 spiro atoms. The molecule has 10 nitrogen and oxygen atoms in total. The van der Waals surface area contributed by atoms with Gasteiger partial charge < -0.3 is 24.7 Å². The van der Waals surface area contributed by atoms with E-state index in [1.165, 1.54) is 24.3 Å². The molecule has 1 amide bonds. The predicted octanol–water partition coefficient (Wildman–Crippen LogP) is 4.43. The summed E-state index contributed by atoms with van der Waals surface area (Å²) in [7, 11) is -3.46. The zero-order valence-electron chi connectivity index (χ0n) is 26.9. The Balaban J connectivity index is 1.38. The van der Waals surface area contributed by atoms with Gasteiger partial charge in [-0.25, -0.2) is 17.8 Å². The lowest BCUT2D eigenvalue weighted by Gasteiger charge is -2.44. The molecule has 260 valence electrons. The van der Waals surface area contributed by atoms with Gasteiger partial charge in [0.25, 0.3) is 5.91 Å². The van der Waals surface area contributed by atoms with E-state index in [0.29, 0.717) is 37.8 Å². The fourth-order valence-electron chi connectivity index (χ4n) is 6.23. The van der Waals surface area contributed by atoms with Crippen molar-refractivity contribution in [3.8, 4) is 17.6 Å². The number of benzene rings is 2. The number of ether oxygens (including phenoxy) is 2. The van der Waals surface area contributed by atoms with Crippen LogP contribution < -0.4 is 15.4 Å². The molecule has 3 atom stereocenters. The van der Waals surface area contributed by atoms with Crippen molar-refractivity contribution in [1.29, 1.82) is 0 Å². The average molecular weight is 694 g/mol. The number of carbonyl (C=O) groups excluding carboxylic acids is 1. The molecule has 1 aromatic heterocycles. The predicted molar refractivity (Wildman–Crippen MR) is 173 cm³/mol. The molecule has 15 heteroatoms. The first kappa shape index (κ1) is 35.4. The number of fused-ring (bicyclic) bond motifs is 1. The van der Waals surface area contributed by atoms with E-state index in [4.69, 9.17) is 9.47 Å². The van der Waals surface area contributed by atoms with Crippen LogP contribution in [0.25, 0.3) is 11.0 Å². The molecule has 0 saturated carbocycles. The summed E-state index contributed by atoms with van der Waals surface area (Å²) >= 11 is 0. The van der Waals surface area contributed by atoms with Crippen LogP contribution in [-0.2, 0) is 21.1 Å². The average Bonchev–Trinajstić information content (AvgIpc) is 3.42. The number of alkyl halides is 4. The quantitative estimate of drug-likeness (QED) is 0.250. The molecule has 0 aliphatic carbocycles. The van der Waals surface area contributed by atoms with Gasteiger partial charge in [-0.1, -0.05) is 18.8 Å². The summed E-state index contributed by atoms with van der Waals surface area (Å²) in [6.07, 6.45) is -2.13. The highest BCUT2D eigenvalue weighted by Gasteiger charge is 2.39. The van der Waals surface area contributed by atoms with E-state index in [9.17, 15) is 26.4 Å². The highest BCUT2D eigenvalue weighted by Crippen LogP contribution is 2.29. The van der Waals surface area contributed by atoms with E-state index < -0.39 is 40.7 Å². The highest BCUT2D eigenvalue weighted by atomic mass is 32.2. The van der Waals surface area contributed by atoms with Crippen molar-refractivity contribution in [3.63, 3.8) is 0 Å². The molecular weight excluding hydrogens is 654 g/mol. The minimum Gasteiger partial charge on any atom is -0.492 e. The summed E-state index contributed by atoms with van der Waals surface area (Å²) < 4.78 is 91.6. The fraction of sp³-hybridized carbons (Fsp3) is 0.515. The molecule has 2 saturated heterocycles. The van der Waals surface area contributed by atoms with Gasteiger partial charge in [0.2, 0.25) is 0 Å². The smallest absolute Gasteiger partial charge is 0.406 e. The summed E-state index contributed by atoms with van der Waals surface area (Å²) in [5.74, 6) is 5.23. The standard InChI is InChI=1S/C33H39F4N5O5S/c1-4-47-29-16-24(48(3,44)45)7-8-27(29)38-11-5-6-22-14-25(31-28(15-22)42(20-39-31)19-33(35,36)37)32(43)40-30-21(2)17-41(18-26(30)34)23-9-12-46-13-10-23/h7-8,14-16,20-21,23,26,30,38H,4,9-13,17-19H2,1-3H3,(H,40,43)/t21-,26-,30+/m0/s1. The Bertz CT molecular complexity index is 1790. The summed E-state index contributed by atoms with van der Waals surface area (Å²) in [4.78, 5) is 20.0. The van der Waals surface area contributed by atoms with E-state index in [1.54, 1.807) is 13.0 Å². The van der Waals surface area contributed by atoms with Gasteiger partial charge in [0.1, 0.15) is 24.0 Å². The Labute approximate surface area is 277 Å². The van der Waals surface area contributed by atoms with Gasteiger partial charge in [-0.2, -0.15) is 13.2 Å². The van der Waals surface area contributed by atoms with Crippen LogP contribution in [0, 0.1) is 17.8 Å². The van der Waals surface area contributed by atoms with E-state index >= 15 is 4.39 Å². The molecule has 2 fully saturated rings. The number of anilines is 1. The maximum absolute atomic E-state index is 15.6.